The van der Waals surface area contributed by atoms with Crippen LogP contribution >= 0.6 is 0 Å². The summed E-state index contributed by atoms with van der Waals surface area (Å²) in [6.45, 7) is 8.00. The van der Waals surface area contributed by atoms with Crippen LogP contribution in [0.2, 0.25) is 0 Å². The van der Waals surface area contributed by atoms with Crippen molar-refractivity contribution < 1.29 is 8.78 Å². The van der Waals surface area contributed by atoms with Crippen LogP contribution in [-0.2, 0) is 6.54 Å². The molecular weight excluding hydrogens is 386 g/mol. The molecule has 2 aliphatic heterocycles. The number of nitrogens with zero attached hydrogens (tertiary/aromatic N) is 6. The second-order valence-corrected chi connectivity index (χ2v) is 8.43. The van der Waals surface area contributed by atoms with Crippen LogP contribution in [0.15, 0.2) is 36.7 Å². The van der Waals surface area contributed by atoms with Crippen LogP contribution in [-0.4, -0.2) is 50.8 Å². The van der Waals surface area contributed by atoms with Crippen molar-refractivity contribution in [1.29, 1.82) is 0 Å². The van der Waals surface area contributed by atoms with Gasteiger partial charge in [-0.2, -0.15) is 5.10 Å². The minimum absolute atomic E-state index is 0.340. The number of hydrogen-bond donors (Lipinski definition) is 0. The van der Waals surface area contributed by atoms with Gasteiger partial charge in [0.1, 0.15) is 23.8 Å². The Kier molecular flexibility index (Phi) is 4.73. The lowest BCUT2D eigenvalue weighted by Crippen LogP contribution is -2.29. The summed E-state index contributed by atoms with van der Waals surface area (Å²) in [6.07, 6.45) is 1.59. The summed E-state index contributed by atoms with van der Waals surface area (Å²) in [4.78, 5) is 13.4. The zero-order valence-electron chi connectivity index (χ0n) is 17.1. The molecule has 30 heavy (non-hydrogen) atoms. The molecule has 0 saturated carbocycles. The van der Waals surface area contributed by atoms with Gasteiger partial charge in [0.05, 0.1) is 5.69 Å². The molecule has 2 aromatic heterocycles. The molecule has 0 N–H and O–H groups in total. The van der Waals surface area contributed by atoms with Gasteiger partial charge in [-0.1, -0.05) is 0 Å². The predicted octanol–water partition coefficient (Wildman–Crippen LogP) is 3.13. The monoisotopic (exact) mass is 410 g/mol. The highest BCUT2D eigenvalue weighted by Gasteiger charge is 2.40. The zero-order chi connectivity index (χ0) is 20.8. The average molecular weight is 410 g/mol. The number of aryl methyl sites for hydroxylation is 2. The van der Waals surface area contributed by atoms with E-state index in [1.165, 1.54) is 12.1 Å². The van der Waals surface area contributed by atoms with E-state index in [1.54, 1.807) is 6.33 Å². The van der Waals surface area contributed by atoms with Crippen LogP contribution in [0, 0.1) is 37.3 Å². The van der Waals surface area contributed by atoms with Crippen molar-refractivity contribution in [1.82, 2.24) is 24.6 Å². The van der Waals surface area contributed by atoms with Crippen LogP contribution in [0.1, 0.15) is 17.0 Å². The topological polar surface area (TPSA) is 50.1 Å². The van der Waals surface area contributed by atoms with Gasteiger partial charge in [0, 0.05) is 50.0 Å². The van der Waals surface area contributed by atoms with E-state index in [9.17, 15) is 8.78 Å². The molecule has 0 radical (unpaired) electrons. The fraction of sp³-hybridized carbons (Fsp3) is 0.409. The first-order valence-corrected chi connectivity index (χ1v) is 10.2. The van der Waals surface area contributed by atoms with Gasteiger partial charge in [0.2, 0.25) is 0 Å². The molecule has 1 aromatic carbocycles. The molecule has 4 heterocycles. The van der Waals surface area contributed by atoms with Crippen molar-refractivity contribution in [3.05, 3.63) is 65.2 Å². The summed E-state index contributed by atoms with van der Waals surface area (Å²) in [5, 5.41) is 4.51. The number of halogens is 2. The summed E-state index contributed by atoms with van der Waals surface area (Å²) in [6, 6.07) is 7.69. The van der Waals surface area contributed by atoms with Crippen molar-refractivity contribution in [2.24, 2.45) is 11.8 Å². The Balaban J connectivity index is 1.26. The van der Waals surface area contributed by atoms with Gasteiger partial charge >= 0.3 is 0 Å². The Morgan fingerprint density at radius 2 is 1.67 bits per heavy atom. The molecule has 156 valence electrons. The molecule has 0 aliphatic carbocycles. The molecule has 5 rings (SSSR count). The van der Waals surface area contributed by atoms with E-state index in [1.807, 2.05) is 30.7 Å². The lowest BCUT2D eigenvalue weighted by molar-refractivity contribution is 0.303. The SMILES string of the molecule is Cc1cc(C)n(-c2cc(N3CC4CN(Cc5cc(F)ccc5F)CC4C3)ncn2)n1. The Labute approximate surface area is 174 Å². The molecule has 3 aromatic rings. The molecule has 0 spiro atoms. The lowest BCUT2D eigenvalue weighted by atomic mass is 10.0. The highest BCUT2D eigenvalue weighted by Crippen LogP contribution is 2.34. The molecule has 0 amide bonds. The number of fused-ring (bicyclic) bond motifs is 1. The molecule has 0 bridgehead atoms. The Morgan fingerprint density at radius 3 is 2.37 bits per heavy atom. The number of benzene rings is 1. The van der Waals surface area contributed by atoms with E-state index in [0.717, 1.165) is 55.3 Å². The third kappa shape index (κ3) is 3.56. The maximum atomic E-state index is 14.0. The van der Waals surface area contributed by atoms with Crippen LogP contribution in [0.5, 0.6) is 0 Å². The molecule has 2 fully saturated rings. The minimum atomic E-state index is -0.390. The van der Waals surface area contributed by atoms with E-state index in [4.69, 9.17) is 0 Å². The maximum Gasteiger partial charge on any atom is 0.159 e. The van der Waals surface area contributed by atoms with Crippen LogP contribution in [0.25, 0.3) is 5.82 Å². The van der Waals surface area contributed by atoms with Crippen molar-refractivity contribution >= 4 is 5.82 Å². The smallest absolute Gasteiger partial charge is 0.159 e. The summed E-state index contributed by atoms with van der Waals surface area (Å²) in [7, 11) is 0. The number of likely N-dealkylation sites (tertiary alicyclic amines) is 1. The van der Waals surface area contributed by atoms with Gasteiger partial charge in [-0.15, -0.1) is 0 Å². The molecule has 6 nitrogen and oxygen atoms in total. The molecule has 8 heteroatoms. The second-order valence-electron chi connectivity index (χ2n) is 8.43. The third-order valence-electron chi connectivity index (χ3n) is 6.15. The van der Waals surface area contributed by atoms with Crippen molar-refractivity contribution in [2.75, 3.05) is 31.1 Å². The normalized spacial score (nSPS) is 21.4. The average Bonchev–Trinajstić information content (AvgIpc) is 3.37. The Bertz CT molecular complexity index is 1070. The summed E-state index contributed by atoms with van der Waals surface area (Å²) < 4.78 is 29.3. The van der Waals surface area contributed by atoms with Crippen LogP contribution in [0.3, 0.4) is 0 Å². The fourth-order valence-electron chi connectivity index (χ4n) is 4.80. The molecule has 2 unspecified atom stereocenters. The quantitative estimate of drug-likeness (QED) is 0.662. The van der Waals surface area contributed by atoms with Gasteiger partial charge in [-0.05, 0) is 49.9 Å². The van der Waals surface area contributed by atoms with Gasteiger partial charge in [-0.25, -0.2) is 23.4 Å². The lowest BCUT2D eigenvalue weighted by Gasteiger charge is -2.22. The maximum absolute atomic E-state index is 14.0. The number of anilines is 1. The van der Waals surface area contributed by atoms with E-state index in [2.05, 4.69) is 24.9 Å². The van der Waals surface area contributed by atoms with E-state index < -0.39 is 0 Å². The zero-order valence-corrected chi connectivity index (χ0v) is 17.1. The van der Waals surface area contributed by atoms with Gasteiger partial charge in [0.15, 0.2) is 5.82 Å². The molecule has 2 saturated heterocycles. The predicted molar refractivity (Wildman–Crippen MR) is 109 cm³/mol. The van der Waals surface area contributed by atoms with E-state index in [0.29, 0.717) is 23.9 Å². The molecule has 2 atom stereocenters. The minimum Gasteiger partial charge on any atom is -0.356 e. The summed E-state index contributed by atoms with van der Waals surface area (Å²) in [5.41, 5.74) is 2.42. The summed E-state index contributed by atoms with van der Waals surface area (Å²) >= 11 is 0. The fourth-order valence-corrected chi connectivity index (χ4v) is 4.80. The Hall–Kier alpha value is -2.87. The standard InChI is InChI=1S/C22H24F2N6/c1-14-5-15(2)30(27-14)22-7-21(25-13-26-22)29-11-17-9-28(10-18(17)12-29)8-16-6-19(23)3-4-20(16)24/h3-7,13,17-18H,8-12H2,1-2H3. The van der Waals surface area contributed by atoms with Crippen LogP contribution in [0.4, 0.5) is 14.6 Å². The van der Waals surface area contributed by atoms with Crippen molar-refractivity contribution in [2.45, 2.75) is 20.4 Å². The van der Waals surface area contributed by atoms with Gasteiger partial charge in [-0.3, -0.25) is 4.90 Å². The highest BCUT2D eigenvalue weighted by molar-refractivity contribution is 5.45. The second kappa shape index (κ2) is 7.43. The first-order chi connectivity index (χ1) is 14.5. The first-order valence-electron chi connectivity index (χ1n) is 10.2. The number of hydrogen-bond acceptors (Lipinski definition) is 5. The molecular formula is C22H24F2N6. The van der Waals surface area contributed by atoms with Crippen molar-refractivity contribution in [3.63, 3.8) is 0 Å². The van der Waals surface area contributed by atoms with Crippen molar-refractivity contribution in [3.8, 4) is 5.82 Å². The summed E-state index contributed by atoms with van der Waals surface area (Å²) in [5.74, 6) is 1.94. The van der Waals surface area contributed by atoms with Gasteiger partial charge < -0.3 is 4.90 Å². The van der Waals surface area contributed by atoms with E-state index >= 15 is 0 Å². The first kappa shape index (κ1) is 19.1. The van der Waals surface area contributed by atoms with E-state index in [-0.39, 0.29) is 11.6 Å². The van der Waals surface area contributed by atoms with Crippen LogP contribution < -0.4 is 4.90 Å². The number of aromatic nitrogens is 4. The third-order valence-corrected chi connectivity index (χ3v) is 6.15. The number of rotatable bonds is 4. The largest absolute Gasteiger partial charge is 0.356 e. The Morgan fingerprint density at radius 1 is 0.933 bits per heavy atom. The molecule has 2 aliphatic rings. The highest BCUT2D eigenvalue weighted by atomic mass is 19.1. The van der Waals surface area contributed by atoms with Gasteiger partial charge in [0.25, 0.3) is 0 Å².